The summed E-state index contributed by atoms with van der Waals surface area (Å²) in [6, 6.07) is 21.4. The molecule has 0 spiro atoms. The molecule has 3 aromatic rings. The molecule has 2 heteroatoms. The maximum atomic E-state index is 13.9. The van der Waals surface area contributed by atoms with Gasteiger partial charge in [0.1, 0.15) is 11.6 Å². The fraction of sp³-hybridized carbons (Fsp3) is 0. The molecule has 20 heavy (non-hydrogen) atoms. The summed E-state index contributed by atoms with van der Waals surface area (Å²) in [7, 11) is 0. The van der Waals surface area contributed by atoms with Crippen molar-refractivity contribution in [3.8, 4) is 28.0 Å². The van der Waals surface area contributed by atoms with Crippen LogP contribution in [0.3, 0.4) is 0 Å². The van der Waals surface area contributed by atoms with Gasteiger partial charge < -0.3 is 5.11 Å². The standard InChI is InChI=1S/C18H13FO/c19-17-12-5-4-9-15(17)16-11-6-10-14(18(16)20)13-7-2-1-3-8-13/h1-12,20H. The van der Waals surface area contributed by atoms with Gasteiger partial charge in [0.15, 0.2) is 0 Å². The van der Waals surface area contributed by atoms with Crippen LogP contribution >= 0.6 is 0 Å². The van der Waals surface area contributed by atoms with Gasteiger partial charge in [-0.05, 0) is 11.6 Å². The minimum Gasteiger partial charge on any atom is -0.507 e. The van der Waals surface area contributed by atoms with Crippen LogP contribution in [0.25, 0.3) is 22.3 Å². The van der Waals surface area contributed by atoms with Gasteiger partial charge in [0.2, 0.25) is 0 Å². The molecule has 1 nitrogen and oxygen atoms in total. The molecule has 1 N–H and O–H groups in total. The number of benzene rings is 3. The van der Waals surface area contributed by atoms with Gasteiger partial charge in [0.05, 0.1) is 0 Å². The normalized spacial score (nSPS) is 10.4. The molecule has 0 fully saturated rings. The summed E-state index contributed by atoms with van der Waals surface area (Å²) in [6.07, 6.45) is 0. The van der Waals surface area contributed by atoms with Crippen LogP contribution in [0.4, 0.5) is 4.39 Å². The van der Waals surface area contributed by atoms with E-state index in [1.54, 1.807) is 24.3 Å². The smallest absolute Gasteiger partial charge is 0.131 e. The molecule has 0 saturated heterocycles. The van der Waals surface area contributed by atoms with Gasteiger partial charge in [-0.1, -0.05) is 66.7 Å². The van der Waals surface area contributed by atoms with Crippen LogP contribution in [0.5, 0.6) is 5.75 Å². The van der Waals surface area contributed by atoms with Crippen molar-refractivity contribution < 1.29 is 9.50 Å². The average molecular weight is 264 g/mol. The molecular weight excluding hydrogens is 251 g/mol. The number of hydrogen-bond acceptors (Lipinski definition) is 1. The Morgan fingerprint density at radius 1 is 0.600 bits per heavy atom. The lowest BCUT2D eigenvalue weighted by molar-refractivity contribution is 0.478. The third-order valence-electron chi connectivity index (χ3n) is 3.28. The molecule has 3 aromatic carbocycles. The summed E-state index contributed by atoms with van der Waals surface area (Å²) in [6.45, 7) is 0. The molecule has 0 aliphatic heterocycles. The van der Waals surface area contributed by atoms with Gasteiger partial charge in [0.25, 0.3) is 0 Å². The molecule has 0 bridgehead atoms. The highest BCUT2D eigenvalue weighted by Gasteiger charge is 2.12. The molecule has 0 unspecified atom stereocenters. The molecule has 0 saturated carbocycles. The Labute approximate surface area is 117 Å². The fourth-order valence-electron chi connectivity index (χ4n) is 2.29. The highest BCUT2D eigenvalue weighted by Crippen LogP contribution is 2.38. The number of phenolic OH excluding ortho intramolecular Hbond substituents is 1. The second-order valence-corrected chi connectivity index (χ2v) is 4.55. The Morgan fingerprint density at radius 3 is 1.95 bits per heavy atom. The van der Waals surface area contributed by atoms with Crippen LogP contribution in [0.15, 0.2) is 72.8 Å². The minimum absolute atomic E-state index is 0.101. The van der Waals surface area contributed by atoms with E-state index in [2.05, 4.69) is 0 Å². The molecule has 0 amide bonds. The maximum absolute atomic E-state index is 13.9. The van der Waals surface area contributed by atoms with Gasteiger partial charge in [0, 0.05) is 16.7 Å². The Hall–Kier alpha value is -2.61. The van der Waals surface area contributed by atoms with E-state index in [9.17, 15) is 9.50 Å². The van der Waals surface area contributed by atoms with Crippen molar-refractivity contribution in [2.45, 2.75) is 0 Å². The van der Waals surface area contributed by atoms with Crippen LogP contribution in [0, 0.1) is 5.82 Å². The van der Waals surface area contributed by atoms with Gasteiger partial charge in [-0.2, -0.15) is 0 Å². The predicted molar refractivity (Wildman–Crippen MR) is 78.9 cm³/mol. The first-order chi connectivity index (χ1) is 9.77. The Morgan fingerprint density at radius 2 is 1.20 bits per heavy atom. The first-order valence-electron chi connectivity index (χ1n) is 6.39. The highest BCUT2D eigenvalue weighted by molar-refractivity contribution is 5.82. The molecule has 98 valence electrons. The van der Waals surface area contributed by atoms with Crippen molar-refractivity contribution in [1.82, 2.24) is 0 Å². The summed E-state index contributed by atoms with van der Waals surface area (Å²) in [5.41, 5.74) is 2.52. The molecule has 0 aliphatic carbocycles. The number of rotatable bonds is 2. The Kier molecular flexibility index (Phi) is 3.21. The summed E-state index contributed by atoms with van der Waals surface area (Å²) in [4.78, 5) is 0. The predicted octanol–water partition coefficient (Wildman–Crippen LogP) is 4.87. The third kappa shape index (κ3) is 2.16. The zero-order valence-corrected chi connectivity index (χ0v) is 10.8. The Balaban J connectivity index is 2.19. The van der Waals surface area contributed by atoms with Crippen molar-refractivity contribution in [2.24, 2.45) is 0 Å². The first kappa shape index (κ1) is 12.4. The van der Waals surface area contributed by atoms with E-state index in [-0.39, 0.29) is 11.6 Å². The van der Waals surface area contributed by atoms with Crippen LogP contribution < -0.4 is 0 Å². The largest absolute Gasteiger partial charge is 0.507 e. The van der Waals surface area contributed by atoms with Crippen molar-refractivity contribution in [1.29, 1.82) is 0 Å². The van der Waals surface area contributed by atoms with E-state index < -0.39 is 0 Å². The van der Waals surface area contributed by atoms with Gasteiger partial charge in [-0.15, -0.1) is 0 Å². The summed E-state index contributed by atoms with van der Waals surface area (Å²) in [5.74, 6) is -0.239. The number of aromatic hydroxyl groups is 1. The number of halogens is 1. The summed E-state index contributed by atoms with van der Waals surface area (Å²) < 4.78 is 13.9. The van der Waals surface area contributed by atoms with Crippen LogP contribution in [0.2, 0.25) is 0 Å². The van der Waals surface area contributed by atoms with E-state index in [1.807, 2.05) is 42.5 Å². The number of para-hydroxylation sites is 1. The molecule has 3 rings (SSSR count). The minimum atomic E-state index is -0.340. The van der Waals surface area contributed by atoms with Gasteiger partial charge >= 0.3 is 0 Å². The third-order valence-corrected chi connectivity index (χ3v) is 3.28. The first-order valence-corrected chi connectivity index (χ1v) is 6.39. The van der Waals surface area contributed by atoms with E-state index in [1.165, 1.54) is 6.07 Å². The SMILES string of the molecule is Oc1c(-c2ccccc2)cccc1-c1ccccc1F. The second kappa shape index (κ2) is 5.17. The lowest BCUT2D eigenvalue weighted by atomic mass is 9.97. The maximum Gasteiger partial charge on any atom is 0.131 e. The topological polar surface area (TPSA) is 20.2 Å². The molecule has 0 atom stereocenters. The van der Waals surface area contributed by atoms with E-state index >= 15 is 0 Å². The van der Waals surface area contributed by atoms with E-state index in [0.717, 1.165) is 5.56 Å². The summed E-state index contributed by atoms with van der Waals surface area (Å²) >= 11 is 0. The summed E-state index contributed by atoms with van der Waals surface area (Å²) in [5, 5.41) is 10.5. The van der Waals surface area contributed by atoms with Crippen molar-refractivity contribution in [3.63, 3.8) is 0 Å². The number of hydrogen-bond donors (Lipinski definition) is 1. The highest BCUT2D eigenvalue weighted by atomic mass is 19.1. The van der Waals surface area contributed by atoms with Gasteiger partial charge in [-0.25, -0.2) is 4.39 Å². The van der Waals surface area contributed by atoms with Crippen molar-refractivity contribution in [2.75, 3.05) is 0 Å². The Bertz CT molecular complexity index is 735. The zero-order valence-electron chi connectivity index (χ0n) is 10.8. The molecule has 0 heterocycles. The average Bonchev–Trinajstić information content (AvgIpc) is 2.49. The lowest BCUT2D eigenvalue weighted by Gasteiger charge is -2.10. The molecule has 0 aromatic heterocycles. The zero-order chi connectivity index (χ0) is 13.9. The van der Waals surface area contributed by atoms with E-state index in [0.29, 0.717) is 16.7 Å². The molecule has 0 aliphatic rings. The van der Waals surface area contributed by atoms with Crippen molar-refractivity contribution in [3.05, 3.63) is 78.6 Å². The lowest BCUT2D eigenvalue weighted by Crippen LogP contribution is -1.87. The molecular formula is C18H13FO. The van der Waals surface area contributed by atoms with Crippen LogP contribution in [-0.4, -0.2) is 5.11 Å². The molecule has 0 radical (unpaired) electrons. The van der Waals surface area contributed by atoms with Crippen molar-refractivity contribution >= 4 is 0 Å². The monoisotopic (exact) mass is 264 g/mol. The van der Waals surface area contributed by atoms with Gasteiger partial charge in [-0.3, -0.25) is 0 Å². The van der Waals surface area contributed by atoms with Crippen LogP contribution in [-0.2, 0) is 0 Å². The number of phenols is 1. The van der Waals surface area contributed by atoms with Crippen LogP contribution in [0.1, 0.15) is 0 Å². The van der Waals surface area contributed by atoms with E-state index in [4.69, 9.17) is 0 Å². The second-order valence-electron chi connectivity index (χ2n) is 4.55. The quantitative estimate of drug-likeness (QED) is 0.700. The fourth-order valence-corrected chi connectivity index (χ4v) is 2.29.